The molecule has 1 N–H and O–H groups in total. The molecule has 0 bridgehead atoms. The lowest BCUT2D eigenvalue weighted by Gasteiger charge is -2.37. The summed E-state index contributed by atoms with van der Waals surface area (Å²) in [6, 6.07) is 32.9. The fourth-order valence-corrected chi connectivity index (χ4v) is 5.75. The molecule has 0 radical (unpaired) electrons. The van der Waals surface area contributed by atoms with Crippen molar-refractivity contribution in [1.82, 2.24) is 10.2 Å². The van der Waals surface area contributed by atoms with E-state index in [4.69, 9.17) is 11.6 Å². The summed E-state index contributed by atoms with van der Waals surface area (Å²) in [5.41, 5.74) is 2.52. The second kappa shape index (κ2) is 11.1. The second-order valence-electron chi connectivity index (χ2n) is 10.2. The third kappa shape index (κ3) is 5.05. The Kier molecular flexibility index (Phi) is 7.20. The quantitative estimate of drug-likeness (QED) is 0.242. The molecule has 206 valence electrons. The zero-order chi connectivity index (χ0) is 28.4. The molecule has 41 heavy (non-hydrogen) atoms. The second-order valence-corrected chi connectivity index (χ2v) is 10.7. The standard InChI is InChI=1S/C33H29ClN4O3/c34-27-13-17-29(18-14-27)37-21-19-36(20-22-37)28-15-11-24(12-16-28)30(39)23-38-31(40)33(35-32(38)41,25-7-3-1-4-8-25)26-9-5-2-6-10-26/h1-18H,19-23H2,(H,35,41). The lowest BCUT2D eigenvalue weighted by atomic mass is 9.82. The Morgan fingerprint density at radius 1 is 0.683 bits per heavy atom. The van der Waals surface area contributed by atoms with Crippen LogP contribution in [0.2, 0.25) is 5.02 Å². The van der Waals surface area contributed by atoms with Crippen LogP contribution in [-0.4, -0.2) is 55.3 Å². The number of imide groups is 1. The molecule has 0 saturated carbocycles. The van der Waals surface area contributed by atoms with Crippen LogP contribution in [0.1, 0.15) is 21.5 Å². The number of Topliss-reactive ketones (excluding diaryl/α,β-unsaturated/α-hetero) is 1. The number of rotatable bonds is 7. The average Bonchev–Trinajstić information content (AvgIpc) is 3.28. The summed E-state index contributed by atoms with van der Waals surface area (Å²) in [7, 11) is 0. The molecule has 0 aromatic heterocycles. The Labute approximate surface area is 243 Å². The Bertz CT molecular complexity index is 1510. The van der Waals surface area contributed by atoms with Gasteiger partial charge in [-0.15, -0.1) is 0 Å². The summed E-state index contributed by atoms with van der Waals surface area (Å²) in [5, 5.41) is 3.62. The number of hydrogen-bond donors (Lipinski definition) is 1. The molecule has 0 spiro atoms. The molecule has 4 aromatic carbocycles. The molecule has 8 heteroatoms. The van der Waals surface area contributed by atoms with E-state index in [-0.39, 0.29) is 12.3 Å². The Morgan fingerprint density at radius 2 is 1.15 bits per heavy atom. The summed E-state index contributed by atoms with van der Waals surface area (Å²) in [5.74, 6) is -0.770. The average molecular weight is 565 g/mol. The van der Waals surface area contributed by atoms with Crippen LogP contribution in [0.15, 0.2) is 109 Å². The van der Waals surface area contributed by atoms with Crippen LogP contribution in [0.5, 0.6) is 0 Å². The highest BCUT2D eigenvalue weighted by Gasteiger charge is 2.54. The van der Waals surface area contributed by atoms with E-state index in [1.54, 1.807) is 12.1 Å². The smallest absolute Gasteiger partial charge is 0.325 e. The van der Waals surface area contributed by atoms with Crippen LogP contribution in [-0.2, 0) is 10.3 Å². The molecular weight excluding hydrogens is 536 g/mol. The molecule has 0 atom stereocenters. The third-order valence-corrected chi connectivity index (χ3v) is 8.10. The largest absolute Gasteiger partial charge is 0.368 e. The lowest BCUT2D eigenvalue weighted by molar-refractivity contribution is -0.129. The fraction of sp³-hybridized carbons (Fsp3) is 0.182. The zero-order valence-corrected chi connectivity index (χ0v) is 23.1. The number of nitrogens with one attached hydrogen (secondary N) is 1. The number of carbonyl (C=O) groups is 3. The highest BCUT2D eigenvalue weighted by Crippen LogP contribution is 2.36. The molecule has 2 heterocycles. The zero-order valence-electron chi connectivity index (χ0n) is 22.4. The molecule has 2 saturated heterocycles. The number of nitrogens with zero attached hydrogens (tertiary/aromatic N) is 3. The minimum atomic E-state index is -1.39. The first-order valence-electron chi connectivity index (χ1n) is 13.6. The van der Waals surface area contributed by atoms with Crippen LogP contribution >= 0.6 is 11.6 Å². The number of ketones is 1. The van der Waals surface area contributed by atoms with Gasteiger partial charge in [0, 0.05) is 48.1 Å². The minimum Gasteiger partial charge on any atom is -0.368 e. The van der Waals surface area contributed by atoms with Crippen molar-refractivity contribution in [2.45, 2.75) is 5.54 Å². The minimum absolute atomic E-state index is 0.301. The number of anilines is 2. The molecular formula is C33H29ClN4O3. The molecule has 7 nitrogen and oxygen atoms in total. The summed E-state index contributed by atoms with van der Waals surface area (Å²) < 4.78 is 0. The van der Waals surface area contributed by atoms with Crippen molar-refractivity contribution < 1.29 is 14.4 Å². The molecule has 2 aliphatic rings. The maximum absolute atomic E-state index is 13.9. The summed E-state index contributed by atoms with van der Waals surface area (Å²) >= 11 is 6.02. The Morgan fingerprint density at radius 3 is 1.63 bits per heavy atom. The van der Waals surface area contributed by atoms with Gasteiger partial charge in [-0.25, -0.2) is 4.79 Å². The molecule has 0 aliphatic carbocycles. The van der Waals surface area contributed by atoms with Gasteiger partial charge in [-0.1, -0.05) is 72.3 Å². The van der Waals surface area contributed by atoms with Gasteiger partial charge in [0.05, 0.1) is 6.54 Å². The maximum Gasteiger partial charge on any atom is 0.325 e. The van der Waals surface area contributed by atoms with E-state index in [0.29, 0.717) is 16.7 Å². The monoisotopic (exact) mass is 564 g/mol. The van der Waals surface area contributed by atoms with E-state index in [1.165, 1.54) is 0 Å². The van der Waals surface area contributed by atoms with E-state index in [1.807, 2.05) is 97.1 Å². The highest BCUT2D eigenvalue weighted by atomic mass is 35.5. The SMILES string of the molecule is O=C(CN1C(=O)NC(c2ccccc2)(c2ccccc2)C1=O)c1ccc(N2CCN(c3ccc(Cl)cc3)CC2)cc1. The highest BCUT2D eigenvalue weighted by molar-refractivity contribution is 6.30. The van der Waals surface area contributed by atoms with Gasteiger partial charge in [0.15, 0.2) is 11.3 Å². The van der Waals surface area contributed by atoms with Crippen molar-refractivity contribution in [1.29, 1.82) is 0 Å². The molecule has 2 fully saturated rings. The Balaban J connectivity index is 1.14. The number of hydrogen-bond acceptors (Lipinski definition) is 5. The topological polar surface area (TPSA) is 73.0 Å². The summed E-state index contributed by atoms with van der Waals surface area (Å²) in [4.78, 5) is 45.9. The van der Waals surface area contributed by atoms with E-state index in [0.717, 1.165) is 47.5 Å². The summed E-state index contributed by atoms with van der Waals surface area (Å²) in [6.07, 6.45) is 0. The van der Waals surface area contributed by atoms with Crippen molar-refractivity contribution in [2.24, 2.45) is 0 Å². The number of benzene rings is 4. The van der Waals surface area contributed by atoms with Crippen LogP contribution in [0.3, 0.4) is 0 Å². The van der Waals surface area contributed by atoms with Crippen molar-refractivity contribution in [3.8, 4) is 0 Å². The number of amides is 3. The van der Waals surface area contributed by atoms with Crippen molar-refractivity contribution in [3.63, 3.8) is 0 Å². The van der Waals surface area contributed by atoms with E-state index in [2.05, 4.69) is 15.1 Å². The molecule has 0 unspecified atom stereocenters. The normalized spacial score (nSPS) is 16.6. The van der Waals surface area contributed by atoms with E-state index >= 15 is 0 Å². The van der Waals surface area contributed by atoms with Crippen molar-refractivity contribution in [2.75, 3.05) is 42.5 Å². The third-order valence-electron chi connectivity index (χ3n) is 7.85. The molecule has 3 amide bonds. The van der Waals surface area contributed by atoms with Gasteiger partial charge in [-0.2, -0.15) is 0 Å². The van der Waals surface area contributed by atoms with Gasteiger partial charge >= 0.3 is 6.03 Å². The van der Waals surface area contributed by atoms with Gasteiger partial charge in [-0.05, 0) is 59.7 Å². The van der Waals surface area contributed by atoms with Gasteiger partial charge in [0.1, 0.15) is 0 Å². The number of carbonyl (C=O) groups excluding carboxylic acids is 3. The van der Waals surface area contributed by atoms with Crippen LogP contribution in [0.25, 0.3) is 0 Å². The maximum atomic E-state index is 13.9. The van der Waals surface area contributed by atoms with Crippen LogP contribution < -0.4 is 15.1 Å². The molecule has 4 aromatic rings. The van der Waals surface area contributed by atoms with Crippen LogP contribution in [0, 0.1) is 0 Å². The Hall–Kier alpha value is -4.62. The van der Waals surface area contributed by atoms with E-state index < -0.39 is 17.5 Å². The summed E-state index contributed by atoms with van der Waals surface area (Å²) in [6.45, 7) is 3.10. The first-order valence-corrected chi connectivity index (χ1v) is 14.0. The first kappa shape index (κ1) is 26.6. The van der Waals surface area contributed by atoms with Crippen molar-refractivity contribution in [3.05, 3.63) is 131 Å². The van der Waals surface area contributed by atoms with E-state index in [9.17, 15) is 14.4 Å². The van der Waals surface area contributed by atoms with Gasteiger partial charge in [0.25, 0.3) is 5.91 Å². The fourth-order valence-electron chi connectivity index (χ4n) is 5.62. The van der Waals surface area contributed by atoms with Gasteiger partial charge in [-0.3, -0.25) is 14.5 Å². The predicted octanol–water partition coefficient (Wildman–Crippen LogP) is 5.34. The first-order chi connectivity index (χ1) is 20.0. The van der Waals surface area contributed by atoms with Gasteiger partial charge in [0.2, 0.25) is 0 Å². The lowest BCUT2D eigenvalue weighted by Crippen LogP contribution is -2.46. The molecule has 2 aliphatic heterocycles. The number of piperazine rings is 1. The molecule has 6 rings (SSSR count). The predicted molar refractivity (Wildman–Crippen MR) is 161 cm³/mol. The van der Waals surface area contributed by atoms with Gasteiger partial charge < -0.3 is 15.1 Å². The number of urea groups is 1. The van der Waals surface area contributed by atoms with Crippen molar-refractivity contribution >= 4 is 40.7 Å². The number of halogens is 1. The van der Waals surface area contributed by atoms with Crippen LogP contribution in [0.4, 0.5) is 16.2 Å².